The quantitative estimate of drug-likeness (QED) is 0.728. The van der Waals surface area contributed by atoms with Crippen molar-refractivity contribution in [1.29, 1.82) is 0 Å². The summed E-state index contributed by atoms with van der Waals surface area (Å²) in [6, 6.07) is 6.79. The van der Waals surface area contributed by atoms with Crippen molar-refractivity contribution in [1.82, 2.24) is 0 Å². The number of nitrogens with zero attached hydrogens (tertiary/aromatic N) is 3. The molecule has 6 heteroatoms. The second kappa shape index (κ2) is 3.62. The van der Waals surface area contributed by atoms with Crippen LogP contribution in [0.5, 0.6) is 0 Å². The van der Waals surface area contributed by atoms with Crippen LogP contribution >= 0.6 is 11.6 Å². The van der Waals surface area contributed by atoms with E-state index in [1.54, 1.807) is 31.2 Å². The van der Waals surface area contributed by atoms with E-state index in [1.807, 2.05) is 0 Å². The first-order valence-electron chi connectivity index (χ1n) is 5.57. The molecule has 0 aromatic heterocycles. The molecular weight excluding hydrogens is 254 g/mol. The largest absolute Gasteiger partial charge is 0.274 e. The lowest BCUT2D eigenvalue weighted by Crippen LogP contribution is -2.37. The monoisotopic (exact) mass is 263 g/mol. The van der Waals surface area contributed by atoms with Crippen LogP contribution in [0.2, 0.25) is 5.02 Å². The fourth-order valence-electron chi connectivity index (χ4n) is 2.37. The van der Waals surface area contributed by atoms with E-state index >= 15 is 0 Å². The SMILES string of the molecule is C[C@@]12N=NC[C@H]1C(=O)N(c1ccccc1Cl)C2=O. The van der Waals surface area contributed by atoms with Gasteiger partial charge in [0.25, 0.3) is 5.91 Å². The van der Waals surface area contributed by atoms with Crippen molar-refractivity contribution in [2.24, 2.45) is 16.1 Å². The molecule has 2 amide bonds. The fourth-order valence-corrected chi connectivity index (χ4v) is 2.59. The Hall–Kier alpha value is -1.75. The molecule has 2 heterocycles. The molecule has 0 saturated carbocycles. The van der Waals surface area contributed by atoms with Crippen LogP contribution in [0.1, 0.15) is 6.92 Å². The number of halogens is 1. The van der Waals surface area contributed by atoms with Crippen LogP contribution in [0.15, 0.2) is 34.5 Å². The lowest BCUT2D eigenvalue weighted by molar-refractivity contribution is -0.122. The summed E-state index contributed by atoms with van der Waals surface area (Å²) < 4.78 is 0. The predicted octanol–water partition coefficient (Wildman–Crippen LogP) is 2.05. The smallest absolute Gasteiger partial charge is 0.264 e. The van der Waals surface area contributed by atoms with Crippen LogP contribution < -0.4 is 4.90 Å². The van der Waals surface area contributed by atoms with Crippen LogP contribution in [0.25, 0.3) is 0 Å². The standard InChI is InChI=1S/C12H10ClN3O2/c1-12-7(6-14-15-12)10(17)16(11(12)18)9-5-3-2-4-8(9)13/h2-5,7H,6H2,1H3/t7-,12+/m0/s1. The third-order valence-electron chi connectivity index (χ3n) is 3.47. The highest BCUT2D eigenvalue weighted by atomic mass is 35.5. The van der Waals surface area contributed by atoms with Gasteiger partial charge in [0.1, 0.15) is 0 Å². The Labute approximate surface area is 108 Å². The Morgan fingerprint density at radius 2 is 2.11 bits per heavy atom. The van der Waals surface area contributed by atoms with Crippen molar-refractivity contribution in [2.45, 2.75) is 12.5 Å². The number of azo groups is 1. The first-order chi connectivity index (χ1) is 8.55. The number of anilines is 1. The first kappa shape index (κ1) is 11.3. The average molecular weight is 264 g/mol. The number of fused-ring (bicyclic) bond motifs is 1. The minimum Gasteiger partial charge on any atom is -0.274 e. The number of benzene rings is 1. The van der Waals surface area contributed by atoms with Gasteiger partial charge in [-0.3, -0.25) is 9.59 Å². The van der Waals surface area contributed by atoms with E-state index in [-0.39, 0.29) is 18.4 Å². The number of carbonyl (C=O) groups excluding carboxylic acids is 2. The predicted molar refractivity (Wildman–Crippen MR) is 65.6 cm³/mol. The van der Waals surface area contributed by atoms with Gasteiger partial charge >= 0.3 is 0 Å². The molecule has 0 unspecified atom stereocenters. The molecule has 0 aliphatic carbocycles. The molecule has 2 atom stereocenters. The molecule has 1 aromatic rings. The highest BCUT2D eigenvalue weighted by molar-refractivity contribution is 6.36. The molecular formula is C12H10ClN3O2. The molecule has 1 fully saturated rings. The van der Waals surface area contributed by atoms with Crippen LogP contribution in [0.4, 0.5) is 5.69 Å². The molecule has 0 N–H and O–H groups in total. The minimum atomic E-state index is -1.06. The number of hydrogen-bond acceptors (Lipinski definition) is 4. The van der Waals surface area contributed by atoms with Crippen molar-refractivity contribution in [3.05, 3.63) is 29.3 Å². The Kier molecular flexibility index (Phi) is 2.28. The second-order valence-electron chi connectivity index (χ2n) is 4.55. The number of imide groups is 1. The summed E-state index contributed by atoms with van der Waals surface area (Å²) in [4.78, 5) is 25.8. The van der Waals surface area contributed by atoms with Gasteiger partial charge in [-0.1, -0.05) is 23.7 Å². The van der Waals surface area contributed by atoms with Crippen LogP contribution in [-0.4, -0.2) is 23.9 Å². The molecule has 92 valence electrons. The molecule has 5 nitrogen and oxygen atoms in total. The highest BCUT2D eigenvalue weighted by Crippen LogP contribution is 2.41. The van der Waals surface area contributed by atoms with E-state index in [9.17, 15) is 9.59 Å². The maximum Gasteiger partial charge on any atom is 0.264 e. The molecule has 0 radical (unpaired) electrons. The van der Waals surface area contributed by atoms with Crippen molar-refractivity contribution < 1.29 is 9.59 Å². The van der Waals surface area contributed by atoms with E-state index in [4.69, 9.17) is 11.6 Å². The van der Waals surface area contributed by atoms with Gasteiger partial charge in [-0.15, -0.1) is 0 Å². The lowest BCUT2D eigenvalue weighted by Gasteiger charge is -2.17. The molecule has 18 heavy (non-hydrogen) atoms. The average Bonchev–Trinajstić information content (AvgIpc) is 2.81. The van der Waals surface area contributed by atoms with Gasteiger partial charge in [0, 0.05) is 0 Å². The van der Waals surface area contributed by atoms with Gasteiger partial charge in [0.05, 0.1) is 23.2 Å². The summed E-state index contributed by atoms with van der Waals surface area (Å²) in [7, 11) is 0. The zero-order valence-corrected chi connectivity index (χ0v) is 10.4. The summed E-state index contributed by atoms with van der Waals surface area (Å²) in [5, 5.41) is 8.13. The summed E-state index contributed by atoms with van der Waals surface area (Å²) in [5.41, 5.74) is -0.643. The van der Waals surface area contributed by atoms with Gasteiger partial charge < -0.3 is 0 Å². The number of rotatable bonds is 1. The summed E-state index contributed by atoms with van der Waals surface area (Å²) in [5.74, 6) is -1.13. The number of hydrogen-bond donors (Lipinski definition) is 0. The van der Waals surface area contributed by atoms with Gasteiger partial charge in [-0.25, -0.2) is 4.90 Å². The van der Waals surface area contributed by atoms with E-state index in [0.717, 1.165) is 4.90 Å². The normalized spacial score (nSPS) is 30.1. The van der Waals surface area contributed by atoms with E-state index in [0.29, 0.717) is 10.7 Å². The third-order valence-corrected chi connectivity index (χ3v) is 3.79. The van der Waals surface area contributed by atoms with Crippen LogP contribution in [-0.2, 0) is 9.59 Å². The molecule has 0 spiro atoms. The van der Waals surface area contributed by atoms with E-state index in [1.165, 1.54) is 0 Å². The number of carbonyl (C=O) groups is 2. The minimum absolute atomic E-state index is 0.266. The molecule has 3 rings (SSSR count). The topological polar surface area (TPSA) is 62.1 Å². The number of amides is 2. The van der Waals surface area contributed by atoms with Crippen LogP contribution in [0, 0.1) is 5.92 Å². The molecule has 0 bridgehead atoms. The highest BCUT2D eigenvalue weighted by Gasteiger charge is 2.60. The molecule has 2 aliphatic heterocycles. The Morgan fingerprint density at radius 3 is 2.78 bits per heavy atom. The number of para-hydroxylation sites is 1. The fraction of sp³-hybridized carbons (Fsp3) is 0.333. The Morgan fingerprint density at radius 1 is 1.39 bits per heavy atom. The third kappa shape index (κ3) is 1.28. The maximum atomic E-state index is 12.4. The molecule has 1 aromatic carbocycles. The zero-order valence-electron chi connectivity index (χ0n) is 9.63. The zero-order chi connectivity index (χ0) is 12.9. The van der Waals surface area contributed by atoms with Crippen molar-refractivity contribution in [3.8, 4) is 0 Å². The Balaban J connectivity index is 2.11. The van der Waals surface area contributed by atoms with Crippen molar-refractivity contribution >= 4 is 29.1 Å². The lowest BCUT2D eigenvalue weighted by atomic mass is 9.90. The maximum absolute atomic E-state index is 12.4. The summed E-state index contributed by atoms with van der Waals surface area (Å²) in [6.07, 6.45) is 0. The second-order valence-corrected chi connectivity index (χ2v) is 4.96. The van der Waals surface area contributed by atoms with Gasteiger partial charge in [0.2, 0.25) is 5.91 Å². The summed E-state index contributed by atoms with van der Waals surface area (Å²) in [6.45, 7) is 1.91. The van der Waals surface area contributed by atoms with Crippen LogP contribution in [0.3, 0.4) is 0 Å². The molecule has 2 aliphatic rings. The molecule has 1 saturated heterocycles. The van der Waals surface area contributed by atoms with E-state index in [2.05, 4.69) is 10.2 Å². The van der Waals surface area contributed by atoms with E-state index < -0.39 is 11.5 Å². The van der Waals surface area contributed by atoms with Gasteiger partial charge in [-0.05, 0) is 19.1 Å². The van der Waals surface area contributed by atoms with Crippen molar-refractivity contribution in [2.75, 3.05) is 11.4 Å². The van der Waals surface area contributed by atoms with Gasteiger partial charge in [-0.2, -0.15) is 10.2 Å². The van der Waals surface area contributed by atoms with Gasteiger partial charge in [0.15, 0.2) is 5.54 Å². The first-order valence-corrected chi connectivity index (χ1v) is 5.95. The summed E-state index contributed by atoms with van der Waals surface area (Å²) >= 11 is 6.04. The van der Waals surface area contributed by atoms with Crippen molar-refractivity contribution in [3.63, 3.8) is 0 Å². The Bertz CT molecular complexity index is 586.